The van der Waals surface area contributed by atoms with Crippen molar-refractivity contribution in [3.63, 3.8) is 0 Å². The number of nitriles is 1. The van der Waals surface area contributed by atoms with Crippen molar-refractivity contribution in [3.8, 4) is 17.2 Å². The number of carbonyl (C=O) groups is 1. The van der Waals surface area contributed by atoms with Crippen LogP contribution < -0.4 is 4.90 Å². The monoisotopic (exact) mass is 640 g/mol. The SMILES string of the molecule is C=CC(=O)N1CC[C@H](n2cnc3c(N4CC(N(C)C)C4)nc4c(F)c(-c5ccc(F)c6cccnc56)c(Cl)cc4c32)C[C@H]1CC#N. The van der Waals surface area contributed by atoms with Crippen molar-refractivity contribution in [2.75, 3.05) is 38.6 Å². The maximum Gasteiger partial charge on any atom is 0.246 e. The molecule has 0 aliphatic carbocycles. The van der Waals surface area contributed by atoms with Gasteiger partial charge in [-0.15, -0.1) is 0 Å². The minimum Gasteiger partial charge on any atom is -0.351 e. The predicted octanol–water partition coefficient (Wildman–Crippen LogP) is 6.11. The molecule has 2 aliphatic heterocycles. The fourth-order valence-electron chi connectivity index (χ4n) is 6.88. The average Bonchev–Trinajstić information content (AvgIpc) is 3.47. The highest BCUT2D eigenvalue weighted by Crippen LogP contribution is 2.43. The topological polar surface area (TPSA) is 94.2 Å². The number of halogens is 3. The van der Waals surface area contributed by atoms with E-state index in [0.717, 1.165) is 0 Å². The minimum atomic E-state index is -0.629. The molecule has 0 radical (unpaired) electrons. The van der Waals surface area contributed by atoms with Gasteiger partial charge in [0.1, 0.15) is 16.9 Å². The van der Waals surface area contributed by atoms with Crippen molar-refractivity contribution in [2.45, 2.75) is 37.4 Å². The van der Waals surface area contributed by atoms with Gasteiger partial charge in [0.15, 0.2) is 11.6 Å². The maximum atomic E-state index is 16.9. The number of nitrogens with zero attached hydrogens (tertiary/aromatic N) is 8. The van der Waals surface area contributed by atoms with Gasteiger partial charge in [-0.3, -0.25) is 9.78 Å². The fraction of sp³-hybridized carbons (Fsp3) is 0.324. The van der Waals surface area contributed by atoms with Crippen molar-refractivity contribution in [2.24, 2.45) is 0 Å². The molecule has 9 nitrogen and oxygen atoms in total. The lowest BCUT2D eigenvalue weighted by molar-refractivity contribution is -0.130. The van der Waals surface area contributed by atoms with Gasteiger partial charge in [-0.2, -0.15) is 5.26 Å². The van der Waals surface area contributed by atoms with Crippen LogP contribution in [-0.4, -0.2) is 81.0 Å². The number of fused-ring (bicyclic) bond motifs is 4. The Hall–Kier alpha value is -4.66. The molecule has 0 N–H and O–H groups in total. The van der Waals surface area contributed by atoms with Crippen molar-refractivity contribution >= 4 is 56.2 Å². The number of pyridine rings is 2. The number of likely N-dealkylation sites (N-methyl/N-ethyl adjacent to an activating group) is 1. The second kappa shape index (κ2) is 11.6. The van der Waals surface area contributed by atoms with Crippen molar-refractivity contribution in [1.82, 2.24) is 29.3 Å². The summed E-state index contributed by atoms with van der Waals surface area (Å²) in [6.07, 6.45) is 5.87. The quantitative estimate of drug-likeness (QED) is 0.207. The highest BCUT2D eigenvalue weighted by atomic mass is 35.5. The summed E-state index contributed by atoms with van der Waals surface area (Å²) in [4.78, 5) is 32.6. The van der Waals surface area contributed by atoms with E-state index in [9.17, 15) is 14.4 Å². The molecule has 12 heteroatoms. The van der Waals surface area contributed by atoms with Crippen molar-refractivity contribution in [1.29, 1.82) is 5.26 Å². The molecule has 3 aromatic heterocycles. The van der Waals surface area contributed by atoms with Gasteiger partial charge in [-0.1, -0.05) is 18.2 Å². The third-order valence-electron chi connectivity index (χ3n) is 9.41. The van der Waals surface area contributed by atoms with Gasteiger partial charge in [0.25, 0.3) is 0 Å². The van der Waals surface area contributed by atoms with Gasteiger partial charge < -0.3 is 19.3 Å². The smallest absolute Gasteiger partial charge is 0.246 e. The number of aromatic nitrogens is 4. The first-order valence-electron chi connectivity index (χ1n) is 15.1. The number of likely N-dealkylation sites (tertiary alicyclic amines) is 1. The van der Waals surface area contributed by atoms with Crippen LogP contribution in [-0.2, 0) is 4.79 Å². The highest BCUT2D eigenvalue weighted by Gasteiger charge is 2.35. The second-order valence-electron chi connectivity index (χ2n) is 12.2. The van der Waals surface area contributed by atoms with E-state index in [1.165, 1.54) is 24.4 Å². The van der Waals surface area contributed by atoms with E-state index in [1.54, 1.807) is 29.4 Å². The zero-order valence-electron chi connectivity index (χ0n) is 25.4. The molecule has 0 unspecified atom stereocenters. The van der Waals surface area contributed by atoms with Crippen LogP contribution >= 0.6 is 11.6 Å². The van der Waals surface area contributed by atoms with Gasteiger partial charge in [-0.05, 0) is 63.3 Å². The Bertz CT molecular complexity index is 2080. The lowest BCUT2D eigenvalue weighted by atomic mass is 9.94. The van der Waals surface area contributed by atoms with E-state index >= 15 is 4.39 Å². The third kappa shape index (κ3) is 4.75. The lowest BCUT2D eigenvalue weighted by Gasteiger charge is -2.43. The van der Waals surface area contributed by atoms with Crippen LogP contribution in [0.25, 0.3) is 44.0 Å². The first-order valence-corrected chi connectivity index (χ1v) is 15.5. The Morgan fingerprint density at radius 3 is 2.72 bits per heavy atom. The van der Waals surface area contributed by atoms with Crippen LogP contribution in [0.4, 0.5) is 14.6 Å². The van der Waals surface area contributed by atoms with E-state index in [1.807, 2.05) is 18.7 Å². The summed E-state index contributed by atoms with van der Waals surface area (Å²) in [5, 5.41) is 10.4. The normalized spacial score (nSPS) is 18.8. The third-order valence-corrected chi connectivity index (χ3v) is 9.71. The Kier molecular flexibility index (Phi) is 7.57. The number of benzene rings is 2. The molecule has 0 saturated carbocycles. The van der Waals surface area contributed by atoms with Gasteiger partial charge >= 0.3 is 0 Å². The number of anilines is 1. The molecule has 1 amide bonds. The molecule has 234 valence electrons. The van der Waals surface area contributed by atoms with Crippen LogP contribution in [0.15, 0.2) is 55.5 Å². The van der Waals surface area contributed by atoms with E-state index < -0.39 is 11.6 Å². The number of hydrogen-bond donors (Lipinski definition) is 0. The summed E-state index contributed by atoms with van der Waals surface area (Å²) in [5.41, 5.74) is 2.21. The molecule has 0 spiro atoms. The van der Waals surface area contributed by atoms with E-state index in [4.69, 9.17) is 21.6 Å². The molecule has 2 saturated heterocycles. The number of carbonyl (C=O) groups excluding carboxylic acids is 1. The number of piperidine rings is 1. The van der Waals surface area contributed by atoms with E-state index in [-0.39, 0.29) is 45.9 Å². The highest BCUT2D eigenvalue weighted by molar-refractivity contribution is 6.35. The Morgan fingerprint density at radius 1 is 1.17 bits per heavy atom. The van der Waals surface area contributed by atoms with E-state index in [0.29, 0.717) is 71.8 Å². The van der Waals surface area contributed by atoms with E-state index in [2.05, 4.69) is 27.4 Å². The summed E-state index contributed by atoms with van der Waals surface area (Å²) < 4.78 is 33.7. The average molecular weight is 641 g/mol. The summed E-state index contributed by atoms with van der Waals surface area (Å²) in [6, 6.07) is 9.83. The number of amides is 1. The molecule has 7 rings (SSSR count). The second-order valence-corrected chi connectivity index (χ2v) is 12.6. The Balaban J connectivity index is 1.43. The minimum absolute atomic E-state index is 0.0989. The molecule has 2 fully saturated rings. The Morgan fingerprint density at radius 2 is 1.98 bits per heavy atom. The molecular formula is C34H31ClF2N8O. The van der Waals surface area contributed by atoms with Crippen LogP contribution in [0.3, 0.4) is 0 Å². The largest absolute Gasteiger partial charge is 0.351 e. The molecule has 5 heterocycles. The summed E-state index contributed by atoms with van der Waals surface area (Å²) in [6.45, 7) is 5.47. The zero-order valence-corrected chi connectivity index (χ0v) is 26.2. The summed E-state index contributed by atoms with van der Waals surface area (Å²) in [7, 11) is 4.05. The fourth-order valence-corrected chi connectivity index (χ4v) is 7.17. The van der Waals surface area contributed by atoms with Crippen molar-refractivity contribution < 1.29 is 13.6 Å². The predicted molar refractivity (Wildman–Crippen MR) is 175 cm³/mol. The van der Waals surface area contributed by atoms with Gasteiger partial charge in [0.2, 0.25) is 5.91 Å². The number of imidazole rings is 1. The van der Waals surface area contributed by atoms with Crippen LogP contribution in [0, 0.1) is 23.0 Å². The van der Waals surface area contributed by atoms with Gasteiger partial charge in [0, 0.05) is 65.9 Å². The standard InChI is InChI=1S/C34H31ClF2N8O/c1-4-27(46)44-13-10-20(14-19(44)9-11-38)45-18-40-32-33(45)24-15-25(35)28(23-7-8-26(36)22-6-5-12-39-30(22)23)29(37)31(24)41-34(32)43-16-21(17-43)42(2)3/h4-8,12,15,18-21H,1,9-10,13-14,16-17H2,2-3H3/t19-,20+/m1/s1. The van der Waals surface area contributed by atoms with Crippen LogP contribution in [0.5, 0.6) is 0 Å². The molecule has 2 aliphatic rings. The Labute approximate surface area is 269 Å². The maximum absolute atomic E-state index is 16.9. The van der Waals surface area contributed by atoms with Gasteiger partial charge in [0.05, 0.1) is 34.9 Å². The van der Waals surface area contributed by atoms with Crippen molar-refractivity contribution in [3.05, 3.63) is 72.2 Å². The number of hydrogen-bond acceptors (Lipinski definition) is 7. The molecular weight excluding hydrogens is 610 g/mol. The first-order chi connectivity index (χ1) is 22.2. The summed E-state index contributed by atoms with van der Waals surface area (Å²) >= 11 is 6.89. The molecule has 46 heavy (non-hydrogen) atoms. The lowest BCUT2D eigenvalue weighted by Crippen LogP contribution is -2.57. The molecule has 2 aromatic carbocycles. The molecule has 5 aromatic rings. The zero-order chi connectivity index (χ0) is 32.3. The van der Waals surface area contributed by atoms with Crippen LogP contribution in [0.1, 0.15) is 25.3 Å². The summed E-state index contributed by atoms with van der Waals surface area (Å²) in [5.74, 6) is -0.723. The first kappa shape index (κ1) is 30.0. The molecule has 2 atom stereocenters. The van der Waals surface area contributed by atoms with Gasteiger partial charge in [-0.25, -0.2) is 18.7 Å². The molecule has 0 bridgehead atoms. The van der Waals surface area contributed by atoms with Crippen LogP contribution in [0.2, 0.25) is 5.02 Å². The number of rotatable bonds is 6.